The Bertz CT molecular complexity index is 1120. The van der Waals surface area contributed by atoms with Gasteiger partial charge in [-0.2, -0.15) is 13.2 Å². The first-order valence-corrected chi connectivity index (χ1v) is 10.7. The van der Waals surface area contributed by atoms with Crippen molar-refractivity contribution in [3.8, 4) is 5.75 Å². The van der Waals surface area contributed by atoms with Gasteiger partial charge in [-0.25, -0.2) is 15.0 Å². The van der Waals surface area contributed by atoms with Crippen LogP contribution in [0.25, 0.3) is 11.2 Å². The van der Waals surface area contributed by atoms with Crippen molar-refractivity contribution in [3.63, 3.8) is 0 Å². The van der Waals surface area contributed by atoms with Crippen molar-refractivity contribution in [3.05, 3.63) is 39.9 Å². The third-order valence-corrected chi connectivity index (χ3v) is 6.36. The van der Waals surface area contributed by atoms with Crippen LogP contribution < -0.4 is 10.1 Å². The van der Waals surface area contributed by atoms with E-state index in [0.29, 0.717) is 51.4 Å². The van der Waals surface area contributed by atoms with Gasteiger partial charge >= 0.3 is 6.18 Å². The molecule has 1 unspecified atom stereocenters. The molecule has 0 spiro atoms. The van der Waals surface area contributed by atoms with Crippen LogP contribution in [0.1, 0.15) is 36.4 Å². The van der Waals surface area contributed by atoms with E-state index in [1.807, 2.05) is 6.92 Å². The minimum Gasteiger partial charge on any atom is -0.496 e. The first-order valence-electron chi connectivity index (χ1n) is 9.93. The van der Waals surface area contributed by atoms with Gasteiger partial charge in [-0.15, -0.1) is 0 Å². The average molecular weight is 489 g/mol. The summed E-state index contributed by atoms with van der Waals surface area (Å²) in [5.74, 6) is 1.06. The molecule has 2 aromatic heterocycles. The topological polar surface area (TPSA) is 79.0 Å². The smallest absolute Gasteiger partial charge is 0.390 e. The van der Waals surface area contributed by atoms with E-state index in [2.05, 4.69) is 25.3 Å². The highest BCUT2D eigenvalue weighted by molar-refractivity contribution is 6.42. The lowest BCUT2D eigenvalue weighted by Gasteiger charge is -2.41. The zero-order valence-electron chi connectivity index (χ0n) is 17.3. The Morgan fingerprint density at radius 1 is 1.28 bits per heavy atom. The summed E-state index contributed by atoms with van der Waals surface area (Å²) in [4.78, 5) is 17.3. The normalized spacial score (nSPS) is 16.2. The second kappa shape index (κ2) is 8.92. The molecule has 1 saturated heterocycles. The maximum Gasteiger partial charge on any atom is 0.390 e. The maximum atomic E-state index is 12.5. The number of nitrogens with one attached hydrogen (secondary N) is 2. The fourth-order valence-electron chi connectivity index (χ4n) is 3.94. The van der Waals surface area contributed by atoms with Crippen molar-refractivity contribution in [1.29, 1.82) is 0 Å². The summed E-state index contributed by atoms with van der Waals surface area (Å²) in [5.41, 5.74) is 2.67. The Balaban J connectivity index is 1.58. The summed E-state index contributed by atoms with van der Waals surface area (Å²) in [6.45, 7) is 2.79. The number of hydrogen-bond acceptors (Lipinski definition) is 6. The lowest BCUT2D eigenvalue weighted by atomic mass is 9.88. The molecule has 3 aromatic rings. The van der Waals surface area contributed by atoms with Crippen LogP contribution >= 0.6 is 23.2 Å². The average Bonchev–Trinajstić information content (AvgIpc) is 3.18. The quantitative estimate of drug-likeness (QED) is 0.476. The molecule has 0 aliphatic carbocycles. The Hall–Kier alpha value is -2.30. The van der Waals surface area contributed by atoms with Crippen LogP contribution in [0.2, 0.25) is 10.0 Å². The van der Waals surface area contributed by atoms with Gasteiger partial charge in [0.25, 0.3) is 0 Å². The van der Waals surface area contributed by atoms with E-state index in [0.717, 1.165) is 5.56 Å². The van der Waals surface area contributed by atoms with E-state index >= 15 is 0 Å². The molecule has 172 valence electrons. The van der Waals surface area contributed by atoms with Crippen molar-refractivity contribution < 1.29 is 17.9 Å². The van der Waals surface area contributed by atoms with Crippen LogP contribution in [0.15, 0.2) is 18.7 Å². The van der Waals surface area contributed by atoms with E-state index in [1.165, 1.54) is 19.8 Å². The maximum absolute atomic E-state index is 12.5. The third kappa shape index (κ3) is 4.57. The molecule has 0 amide bonds. The zero-order chi connectivity index (χ0) is 23.0. The predicted molar refractivity (Wildman–Crippen MR) is 117 cm³/mol. The first-order chi connectivity index (χ1) is 15.2. The predicted octanol–water partition coefficient (Wildman–Crippen LogP) is 5.19. The van der Waals surface area contributed by atoms with Gasteiger partial charge in [0.1, 0.15) is 17.6 Å². The number of aromatic nitrogens is 4. The molecular formula is C20H21Cl2F3N6O. The molecule has 0 bridgehead atoms. The van der Waals surface area contributed by atoms with Gasteiger partial charge in [0.05, 0.1) is 35.9 Å². The number of H-pyrrole nitrogens is 1. The number of fused-ring (bicyclic) bond motifs is 1. The highest BCUT2D eigenvalue weighted by Gasteiger charge is 2.36. The molecule has 1 atom stereocenters. The molecule has 1 aromatic carbocycles. The van der Waals surface area contributed by atoms with Crippen molar-refractivity contribution in [2.75, 3.05) is 32.1 Å². The van der Waals surface area contributed by atoms with Gasteiger partial charge in [-0.3, -0.25) is 0 Å². The summed E-state index contributed by atoms with van der Waals surface area (Å²) in [7, 11) is 1.54. The molecule has 3 heterocycles. The molecule has 0 radical (unpaired) electrons. The standard InChI is InChI=1S/C20H21Cl2F3N6O/c1-10(30-19-16-18(27-8-26-16)28-9-29-19)12-5-13(21)15(22)14(17(12)32-2)11-6-31(7-11)4-3-20(23,24)25/h5,8-11H,3-4,6-7H2,1-2H3,(H2,26,27,28,29,30). The van der Waals surface area contributed by atoms with Gasteiger partial charge in [-0.1, -0.05) is 23.2 Å². The zero-order valence-corrected chi connectivity index (χ0v) is 18.8. The summed E-state index contributed by atoms with van der Waals surface area (Å²) in [6.07, 6.45) is -2.06. The molecule has 0 saturated carbocycles. The lowest BCUT2D eigenvalue weighted by Crippen LogP contribution is -2.46. The highest BCUT2D eigenvalue weighted by atomic mass is 35.5. The molecule has 12 heteroatoms. The van der Waals surface area contributed by atoms with Crippen molar-refractivity contribution in [1.82, 2.24) is 24.8 Å². The second-order valence-corrected chi connectivity index (χ2v) is 8.50. The Morgan fingerprint density at radius 3 is 2.72 bits per heavy atom. The number of aromatic amines is 1. The van der Waals surface area contributed by atoms with E-state index in [1.54, 1.807) is 11.0 Å². The van der Waals surface area contributed by atoms with Crippen molar-refractivity contribution in [2.24, 2.45) is 0 Å². The third-order valence-electron chi connectivity index (χ3n) is 5.56. The number of anilines is 1. The molecule has 2 N–H and O–H groups in total. The number of ether oxygens (including phenoxy) is 1. The number of halogens is 5. The van der Waals surface area contributed by atoms with Gasteiger partial charge < -0.3 is 19.9 Å². The molecule has 4 rings (SSSR count). The van der Waals surface area contributed by atoms with Crippen molar-refractivity contribution in [2.45, 2.75) is 31.5 Å². The molecule has 32 heavy (non-hydrogen) atoms. The largest absolute Gasteiger partial charge is 0.496 e. The molecule has 1 aliphatic rings. The summed E-state index contributed by atoms with van der Waals surface area (Å²) < 4.78 is 43.3. The minimum atomic E-state index is -4.17. The van der Waals surface area contributed by atoms with Gasteiger partial charge in [0.15, 0.2) is 11.5 Å². The van der Waals surface area contributed by atoms with Crippen LogP contribution in [-0.2, 0) is 0 Å². The van der Waals surface area contributed by atoms with Crippen LogP contribution in [0.3, 0.4) is 0 Å². The molecule has 7 nitrogen and oxygen atoms in total. The fraction of sp³-hybridized carbons (Fsp3) is 0.450. The van der Waals surface area contributed by atoms with Crippen LogP contribution in [0, 0.1) is 0 Å². The number of hydrogen-bond donors (Lipinski definition) is 2. The summed E-state index contributed by atoms with van der Waals surface area (Å²) in [5, 5.41) is 4.03. The fourth-order valence-corrected chi connectivity index (χ4v) is 4.45. The van der Waals surface area contributed by atoms with Crippen LogP contribution in [0.5, 0.6) is 5.75 Å². The second-order valence-electron chi connectivity index (χ2n) is 7.72. The summed E-state index contributed by atoms with van der Waals surface area (Å²) in [6, 6.07) is 1.45. The summed E-state index contributed by atoms with van der Waals surface area (Å²) >= 11 is 13.0. The number of nitrogens with zero attached hydrogens (tertiary/aromatic N) is 4. The number of methoxy groups -OCH3 is 1. The van der Waals surface area contributed by atoms with Crippen LogP contribution in [0.4, 0.5) is 19.0 Å². The van der Waals surface area contributed by atoms with Crippen molar-refractivity contribution >= 4 is 40.2 Å². The van der Waals surface area contributed by atoms with Gasteiger partial charge in [0, 0.05) is 36.7 Å². The van der Waals surface area contributed by atoms with E-state index in [-0.39, 0.29) is 18.5 Å². The molecule has 1 fully saturated rings. The molecular weight excluding hydrogens is 468 g/mol. The number of benzene rings is 1. The Labute approximate surface area is 192 Å². The van der Waals surface area contributed by atoms with E-state index in [4.69, 9.17) is 27.9 Å². The first kappa shape index (κ1) is 22.9. The van der Waals surface area contributed by atoms with E-state index in [9.17, 15) is 13.2 Å². The molecule has 1 aliphatic heterocycles. The van der Waals surface area contributed by atoms with E-state index < -0.39 is 12.6 Å². The number of alkyl halides is 3. The Morgan fingerprint density at radius 2 is 2.03 bits per heavy atom. The lowest BCUT2D eigenvalue weighted by molar-refractivity contribution is -0.140. The van der Waals surface area contributed by atoms with Crippen LogP contribution in [-0.4, -0.2) is 57.8 Å². The number of imidazole rings is 1. The van der Waals surface area contributed by atoms with Gasteiger partial charge in [0.2, 0.25) is 0 Å². The number of likely N-dealkylation sites (tertiary alicyclic amines) is 1. The Kier molecular flexibility index (Phi) is 6.37. The number of rotatable bonds is 7. The highest BCUT2D eigenvalue weighted by Crippen LogP contribution is 2.46. The van der Waals surface area contributed by atoms with Gasteiger partial charge in [-0.05, 0) is 13.0 Å². The monoisotopic (exact) mass is 488 g/mol. The minimum absolute atomic E-state index is 0.0425. The SMILES string of the molecule is COc1c(C(C)Nc2ncnc3nc[nH]c23)cc(Cl)c(Cl)c1C1CN(CCC(F)(F)F)C1.